The van der Waals surface area contributed by atoms with Crippen molar-refractivity contribution in [3.63, 3.8) is 0 Å². The van der Waals surface area contributed by atoms with Gasteiger partial charge in [0.25, 0.3) is 5.69 Å². The van der Waals surface area contributed by atoms with Crippen LogP contribution in [0.5, 0.6) is 0 Å². The summed E-state index contributed by atoms with van der Waals surface area (Å²) < 4.78 is 0. The molecule has 4 heteroatoms. The first-order chi connectivity index (χ1) is 7.30. The Hall–Kier alpha value is -1.71. The highest BCUT2D eigenvalue weighted by Gasteiger charge is 2.21. The van der Waals surface area contributed by atoms with Crippen LogP contribution >= 0.6 is 0 Å². The van der Waals surface area contributed by atoms with Crippen LogP contribution in [0.3, 0.4) is 0 Å². The lowest BCUT2D eigenvalue weighted by Crippen LogP contribution is -2.22. The monoisotopic (exact) mass is 221 g/mol. The number of carbonyl (C=O) groups is 1. The molecule has 0 aromatic heterocycles. The van der Waals surface area contributed by atoms with Crippen LogP contribution in [0.15, 0.2) is 24.3 Å². The van der Waals surface area contributed by atoms with Gasteiger partial charge in [0.2, 0.25) is 0 Å². The van der Waals surface area contributed by atoms with Gasteiger partial charge in [-0.05, 0) is 5.56 Å². The predicted molar refractivity (Wildman–Crippen MR) is 61.3 cm³/mol. The number of benzene rings is 1. The van der Waals surface area contributed by atoms with E-state index in [1.807, 2.05) is 20.8 Å². The highest BCUT2D eigenvalue weighted by molar-refractivity contribution is 5.85. The smallest absolute Gasteiger partial charge is 0.269 e. The van der Waals surface area contributed by atoms with Gasteiger partial charge in [-0.25, -0.2) is 0 Å². The zero-order valence-electron chi connectivity index (χ0n) is 9.69. The molecule has 0 aliphatic rings. The van der Waals surface area contributed by atoms with Crippen LogP contribution < -0.4 is 0 Å². The Morgan fingerprint density at radius 2 is 2.00 bits per heavy atom. The Kier molecular flexibility index (Phi) is 3.42. The molecule has 0 aliphatic carbocycles. The van der Waals surface area contributed by atoms with Gasteiger partial charge in [0.15, 0.2) is 0 Å². The van der Waals surface area contributed by atoms with E-state index in [-0.39, 0.29) is 17.9 Å². The number of hydrogen-bond donors (Lipinski definition) is 0. The van der Waals surface area contributed by atoms with Gasteiger partial charge in [0.1, 0.15) is 5.78 Å². The second-order valence-corrected chi connectivity index (χ2v) is 4.78. The molecule has 4 nitrogen and oxygen atoms in total. The van der Waals surface area contributed by atoms with Crippen molar-refractivity contribution in [2.24, 2.45) is 5.41 Å². The minimum absolute atomic E-state index is 0.0270. The lowest BCUT2D eigenvalue weighted by molar-refractivity contribution is -0.384. The lowest BCUT2D eigenvalue weighted by Gasteiger charge is -2.16. The van der Waals surface area contributed by atoms with E-state index < -0.39 is 10.3 Å². The molecule has 0 fully saturated rings. The van der Waals surface area contributed by atoms with Crippen LogP contribution in [0.4, 0.5) is 5.69 Å². The SMILES string of the molecule is CC(C)(C)C(=O)Cc1cccc([N+](=O)[O-])c1. The molecule has 16 heavy (non-hydrogen) atoms. The van der Waals surface area contributed by atoms with E-state index in [1.54, 1.807) is 12.1 Å². The fraction of sp³-hybridized carbons (Fsp3) is 0.417. The predicted octanol–water partition coefficient (Wildman–Crippen LogP) is 2.75. The van der Waals surface area contributed by atoms with Gasteiger partial charge in [0.05, 0.1) is 4.92 Å². The second-order valence-electron chi connectivity index (χ2n) is 4.78. The van der Waals surface area contributed by atoms with Gasteiger partial charge in [-0.3, -0.25) is 14.9 Å². The van der Waals surface area contributed by atoms with E-state index in [4.69, 9.17) is 0 Å². The van der Waals surface area contributed by atoms with E-state index in [2.05, 4.69) is 0 Å². The normalized spacial score (nSPS) is 11.2. The van der Waals surface area contributed by atoms with Crippen LogP contribution in [0.25, 0.3) is 0 Å². The van der Waals surface area contributed by atoms with Gasteiger partial charge >= 0.3 is 0 Å². The van der Waals surface area contributed by atoms with Gasteiger partial charge in [-0.2, -0.15) is 0 Å². The molecule has 1 aromatic carbocycles. The van der Waals surface area contributed by atoms with Gasteiger partial charge in [-0.15, -0.1) is 0 Å². The molecule has 0 amide bonds. The molecule has 0 saturated carbocycles. The van der Waals surface area contributed by atoms with E-state index in [0.29, 0.717) is 5.56 Å². The Balaban J connectivity index is 2.87. The summed E-state index contributed by atoms with van der Waals surface area (Å²) in [7, 11) is 0. The molecule has 1 aromatic rings. The topological polar surface area (TPSA) is 60.2 Å². The summed E-state index contributed by atoms with van der Waals surface area (Å²) >= 11 is 0. The van der Waals surface area contributed by atoms with Crippen molar-refractivity contribution in [1.82, 2.24) is 0 Å². The number of rotatable bonds is 3. The summed E-state index contributed by atoms with van der Waals surface area (Å²) in [6, 6.07) is 6.20. The zero-order valence-corrected chi connectivity index (χ0v) is 9.69. The maximum atomic E-state index is 11.7. The van der Waals surface area contributed by atoms with Crippen LogP contribution in [-0.4, -0.2) is 10.7 Å². The Labute approximate surface area is 94.4 Å². The Bertz CT molecular complexity index is 419. The van der Waals surface area contributed by atoms with Gasteiger partial charge < -0.3 is 0 Å². The van der Waals surface area contributed by atoms with Crippen LogP contribution in [0.1, 0.15) is 26.3 Å². The molecule has 0 unspecified atom stereocenters. The average molecular weight is 221 g/mol. The molecule has 0 atom stereocenters. The quantitative estimate of drug-likeness (QED) is 0.582. The molecule has 0 heterocycles. The van der Waals surface area contributed by atoms with Crippen molar-refractivity contribution < 1.29 is 9.72 Å². The number of nitrogens with zero attached hydrogens (tertiary/aromatic N) is 1. The first kappa shape index (κ1) is 12.4. The fourth-order valence-electron chi connectivity index (χ4n) is 1.23. The fourth-order valence-corrected chi connectivity index (χ4v) is 1.23. The summed E-state index contributed by atoms with van der Waals surface area (Å²) in [5.41, 5.74) is 0.304. The number of hydrogen-bond acceptors (Lipinski definition) is 3. The maximum absolute atomic E-state index is 11.7. The second kappa shape index (κ2) is 4.43. The third-order valence-corrected chi connectivity index (χ3v) is 2.32. The molecule has 1 rings (SSSR count). The van der Waals surface area contributed by atoms with Crippen LogP contribution in [0, 0.1) is 15.5 Å². The van der Waals surface area contributed by atoms with Crippen molar-refractivity contribution in [3.05, 3.63) is 39.9 Å². The lowest BCUT2D eigenvalue weighted by atomic mass is 9.87. The molecule has 86 valence electrons. The number of nitro benzene ring substituents is 1. The van der Waals surface area contributed by atoms with Crippen molar-refractivity contribution >= 4 is 11.5 Å². The van der Waals surface area contributed by atoms with Crippen molar-refractivity contribution in [1.29, 1.82) is 0 Å². The maximum Gasteiger partial charge on any atom is 0.269 e. The van der Waals surface area contributed by atoms with Crippen molar-refractivity contribution in [2.75, 3.05) is 0 Å². The summed E-state index contributed by atoms with van der Waals surface area (Å²) in [5.74, 6) is 0.0768. The minimum atomic E-state index is -0.453. The number of Topliss-reactive ketones (excluding diaryl/α,β-unsaturated/α-hetero) is 1. The summed E-state index contributed by atoms with van der Waals surface area (Å²) in [5, 5.41) is 10.6. The highest BCUT2D eigenvalue weighted by Crippen LogP contribution is 2.20. The summed E-state index contributed by atoms with van der Waals surface area (Å²) in [6.07, 6.45) is 0.241. The zero-order chi connectivity index (χ0) is 12.3. The molecule has 0 radical (unpaired) electrons. The number of nitro groups is 1. The Morgan fingerprint density at radius 1 is 1.38 bits per heavy atom. The first-order valence-corrected chi connectivity index (χ1v) is 5.07. The summed E-state index contributed by atoms with van der Waals surface area (Å²) in [6.45, 7) is 5.52. The number of non-ortho nitro benzene ring substituents is 1. The highest BCUT2D eigenvalue weighted by atomic mass is 16.6. The van der Waals surface area contributed by atoms with Gasteiger partial charge in [-0.1, -0.05) is 32.9 Å². The van der Waals surface area contributed by atoms with E-state index in [9.17, 15) is 14.9 Å². The number of ketones is 1. The third kappa shape index (κ3) is 3.15. The average Bonchev–Trinajstić information content (AvgIpc) is 2.16. The largest absolute Gasteiger partial charge is 0.299 e. The molecule has 0 N–H and O–H groups in total. The molecule has 0 spiro atoms. The molecule has 0 aliphatic heterocycles. The number of carbonyl (C=O) groups excluding carboxylic acids is 1. The van der Waals surface area contributed by atoms with Gasteiger partial charge in [0, 0.05) is 24.0 Å². The standard InChI is InChI=1S/C12H15NO3/c1-12(2,3)11(14)8-9-5-4-6-10(7-9)13(15)16/h4-7H,8H2,1-3H3. The van der Waals surface area contributed by atoms with E-state index in [0.717, 1.165) is 0 Å². The van der Waals surface area contributed by atoms with Crippen molar-refractivity contribution in [3.8, 4) is 0 Å². The van der Waals surface area contributed by atoms with Crippen molar-refractivity contribution in [2.45, 2.75) is 27.2 Å². The van der Waals surface area contributed by atoms with Crippen LogP contribution in [0.2, 0.25) is 0 Å². The van der Waals surface area contributed by atoms with E-state index in [1.165, 1.54) is 12.1 Å². The Morgan fingerprint density at radius 3 is 2.50 bits per heavy atom. The minimum Gasteiger partial charge on any atom is -0.299 e. The molecular formula is C12H15NO3. The third-order valence-electron chi connectivity index (χ3n) is 2.32. The molecule has 0 saturated heterocycles. The van der Waals surface area contributed by atoms with E-state index >= 15 is 0 Å². The van der Waals surface area contributed by atoms with Crippen LogP contribution in [-0.2, 0) is 11.2 Å². The first-order valence-electron chi connectivity index (χ1n) is 5.07. The molecule has 0 bridgehead atoms. The molecular weight excluding hydrogens is 206 g/mol. The summed E-state index contributed by atoms with van der Waals surface area (Å²) in [4.78, 5) is 21.8.